The molecule has 2 N–H and O–H groups in total. The molecule has 0 bridgehead atoms. The molecular weight excluding hydrogens is 474 g/mol. The molecule has 0 saturated heterocycles. The average Bonchev–Trinajstić information content (AvgIpc) is 2.76. The molecule has 0 aromatic heterocycles. The number of carbonyl (C=O) groups is 1. The quantitative estimate of drug-likeness (QED) is 0.349. The number of benzene rings is 2. The van der Waals surface area contributed by atoms with E-state index >= 15 is 0 Å². The maximum atomic E-state index is 12.2. The Morgan fingerprint density at radius 3 is 2.47 bits per heavy atom. The number of rotatable bonds is 11. The molecule has 0 radical (unpaired) electrons. The normalized spacial score (nSPS) is 13.3. The van der Waals surface area contributed by atoms with Gasteiger partial charge in [0.25, 0.3) is 0 Å². The van der Waals surface area contributed by atoms with Crippen molar-refractivity contribution in [1.82, 2.24) is 5.32 Å². The van der Waals surface area contributed by atoms with Gasteiger partial charge in [0.1, 0.15) is 11.4 Å². The maximum Gasteiger partial charge on any atom is 0.408 e. The summed E-state index contributed by atoms with van der Waals surface area (Å²) < 4.78 is 16.1. The third-order valence-corrected chi connectivity index (χ3v) is 6.48. The lowest BCUT2D eigenvalue weighted by Gasteiger charge is -2.30. The summed E-state index contributed by atoms with van der Waals surface area (Å²) in [5.41, 5.74) is 0.723. The van der Waals surface area contributed by atoms with Crippen molar-refractivity contribution in [3.63, 3.8) is 0 Å². The maximum absolute atomic E-state index is 12.2. The minimum absolute atomic E-state index is 0.180. The van der Waals surface area contributed by atoms with Gasteiger partial charge in [-0.05, 0) is 82.3 Å². The summed E-state index contributed by atoms with van der Waals surface area (Å²) in [6.07, 6.45) is 1.47. The number of halogens is 1. The number of ether oxygens (including phenoxy) is 3. The highest BCUT2D eigenvalue weighted by Crippen LogP contribution is 2.37. The van der Waals surface area contributed by atoms with Crippen LogP contribution in [0.2, 0.25) is 5.02 Å². The molecule has 6 nitrogen and oxygen atoms in total. The summed E-state index contributed by atoms with van der Waals surface area (Å²) in [6.45, 7) is 9.27. The molecule has 0 fully saturated rings. The Morgan fingerprint density at radius 1 is 1.15 bits per heavy atom. The standard InChI is InChI=1S/C26H36ClNO5S/c1-7-18-8-11-22(32-17-31-6)23(14-18)34-20-10-9-19(21(27)15-20)12-13-26(5,16-29)28-24(30)33-25(2,3)4/h8-11,14-15,29H,7,12-13,16-17H2,1-6H3,(H,28,30). The lowest BCUT2D eigenvalue weighted by Crippen LogP contribution is -2.50. The fourth-order valence-corrected chi connectivity index (χ4v) is 4.50. The number of methoxy groups -OCH3 is 1. The molecule has 0 saturated carbocycles. The first-order chi connectivity index (χ1) is 16.0. The van der Waals surface area contributed by atoms with Gasteiger partial charge in [0.2, 0.25) is 0 Å². The third-order valence-electron chi connectivity index (χ3n) is 5.10. The first kappa shape index (κ1) is 28.3. The largest absolute Gasteiger partial charge is 0.466 e. The Morgan fingerprint density at radius 2 is 1.88 bits per heavy atom. The monoisotopic (exact) mass is 509 g/mol. The minimum Gasteiger partial charge on any atom is -0.466 e. The number of carbonyl (C=O) groups excluding carboxylic acids is 1. The number of hydrogen-bond acceptors (Lipinski definition) is 6. The van der Waals surface area contributed by atoms with E-state index in [9.17, 15) is 9.90 Å². The van der Waals surface area contributed by atoms with Crippen LogP contribution in [-0.2, 0) is 22.3 Å². The molecule has 0 aliphatic heterocycles. The second kappa shape index (κ2) is 12.7. The second-order valence-electron chi connectivity index (χ2n) is 9.39. The molecule has 0 heterocycles. The molecule has 188 valence electrons. The molecule has 2 aromatic rings. The van der Waals surface area contributed by atoms with Crippen molar-refractivity contribution in [2.24, 2.45) is 0 Å². The van der Waals surface area contributed by atoms with Crippen LogP contribution < -0.4 is 10.1 Å². The van der Waals surface area contributed by atoms with E-state index in [1.54, 1.807) is 46.6 Å². The summed E-state index contributed by atoms with van der Waals surface area (Å²) in [7, 11) is 1.59. The average molecular weight is 510 g/mol. The molecule has 0 aliphatic carbocycles. The molecule has 8 heteroatoms. The van der Waals surface area contributed by atoms with E-state index in [1.807, 2.05) is 24.3 Å². The smallest absolute Gasteiger partial charge is 0.408 e. The molecule has 2 rings (SSSR count). The highest BCUT2D eigenvalue weighted by molar-refractivity contribution is 7.99. The van der Waals surface area contributed by atoms with Gasteiger partial charge in [0.05, 0.1) is 17.0 Å². The molecule has 0 aliphatic rings. The van der Waals surface area contributed by atoms with Gasteiger partial charge in [-0.15, -0.1) is 0 Å². The first-order valence-electron chi connectivity index (χ1n) is 11.3. The van der Waals surface area contributed by atoms with Crippen LogP contribution in [0, 0.1) is 0 Å². The predicted molar refractivity (Wildman–Crippen MR) is 137 cm³/mol. The molecule has 34 heavy (non-hydrogen) atoms. The minimum atomic E-state index is -0.826. The van der Waals surface area contributed by atoms with Gasteiger partial charge in [-0.3, -0.25) is 0 Å². The predicted octanol–water partition coefficient (Wildman–Crippen LogP) is 6.24. The number of alkyl carbamates (subject to hydrolysis) is 1. The van der Waals surface area contributed by atoms with Crippen LogP contribution in [0.25, 0.3) is 0 Å². The Hall–Kier alpha value is -1.93. The number of aryl methyl sites for hydroxylation is 2. The van der Waals surface area contributed by atoms with Gasteiger partial charge < -0.3 is 24.6 Å². The van der Waals surface area contributed by atoms with Crippen molar-refractivity contribution < 1.29 is 24.1 Å². The van der Waals surface area contributed by atoms with Crippen LogP contribution in [-0.4, -0.2) is 42.8 Å². The SMILES string of the molecule is CCc1ccc(OCOC)c(Sc2ccc(CCC(C)(CO)NC(=O)OC(C)(C)C)c(Cl)c2)c1. The van der Waals surface area contributed by atoms with Crippen LogP contribution in [0.1, 0.15) is 52.2 Å². The summed E-state index contributed by atoms with van der Waals surface area (Å²) >= 11 is 8.18. The number of amides is 1. The number of aliphatic hydroxyl groups is 1. The van der Waals surface area contributed by atoms with Crippen LogP contribution in [0.15, 0.2) is 46.2 Å². The van der Waals surface area contributed by atoms with E-state index in [2.05, 4.69) is 24.4 Å². The van der Waals surface area contributed by atoms with Gasteiger partial charge in [-0.25, -0.2) is 4.79 Å². The zero-order valence-corrected chi connectivity index (χ0v) is 22.4. The first-order valence-corrected chi connectivity index (χ1v) is 12.5. The lowest BCUT2D eigenvalue weighted by atomic mass is 9.94. The fourth-order valence-electron chi connectivity index (χ4n) is 3.16. The summed E-state index contributed by atoms with van der Waals surface area (Å²) in [4.78, 5) is 14.2. The Balaban J connectivity index is 2.10. The molecule has 1 atom stereocenters. The molecule has 1 unspecified atom stereocenters. The third kappa shape index (κ3) is 9.02. The molecule has 0 spiro atoms. The zero-order chi connectivity index (χ0) is 25.4. The van der Waals surface area contributed by atoms with E-state index < -0.39 is 17.2 Å². The van der Waals surface area contributed by atoms with Crippen LogP contribution in [0.3, 0.4) is 0 Å². The highest BCUT2D eigenvalue weighted by atomic mass is 35.5. The van der Waals surface area contributed by atoms with E-state index in [1.165, 1.54) is 5.56 Å². The Kier molecular flexibility index (Phi) is 10.6. The van der Waals surface area contributed by atoms with Crippen molar-refractivity contribution in [3.8, 4) is 5.75 Å². The highest BCUT2D eigenvalue weighted by Gasteiger charge is 2.28. The van der Waals surface area contributed by atoms with Crippen LogP contribution in [0.5, 0.6) is 5.75 Å². The second-order valence-corrected chi connectivity index (χ2v) is 10.9. The van der Waals surface area contributed by atoms with E-state index in [0.29, 0.717) is 17.9 Å². The number of nitrogens with one attached hydrogen (secondary N) is 1. The van der Waals surface area contributed by atoms with Crippen molar-refractivity contribution in [1.29, 1.82) is 0 Å². The Bertz CT molecular complexity index is 963. The van der Waals surface area contributed by atoms with E-state index in [0.717, 1.165) is 27.5 Å². The Labute approximate surface area is 212 Å². The molecule has 1 amide bonds. The summed E-state index contributed by atoms with van der Waals surface area (Å²) in [5, 5.41) is 13.3. The van der Waals surface area contributed by atoms with E-state index in [4.69, 9.17) is 25.8 Å². The van der Waals surface area contributed by atoms with Crippen molar-refractivity contribution in [2.45, 2.75) is 74.8 Å². The van der Waals surface area contributed by atoms with Crippen molar-refractivity contribution >= 4 is 29.5 Å². The summed E-state index contributed by atoms with van der Waals surface area (Å²) in [6, 6.07) is 12.1. The number of aliphatic hydroxyl groups excluding tert-OH is 1. The topological polar surface area (TPSA) is 77.0 Å². The molecule has 2 aromatic carbocycles. The van der Waals surface area contributed by atoms with Crippen molar-refractivity contribution in [3.05, 3.63) is 52.5 Å². The lowest BCUT2D eigenvalue weighted by molar-refractivity contribution is 0.0406. The van der Waals surface area contributed by atoms with Crippen LogP contribution in [0.4, 0.5) is 4.79 Å². The fraction of sp³-hybridized carbons (Fsp3) is 0.500. The zero-order valence-electron chi connectivity index (χ0n) is 20.9. The summed E-state index contributed by atoms with van der Waals surface area (Å²) in [5.74, 6) is 0.760. The van der Waals surface area contributed by atoms with Gasteiger partial charge >= 0.3 is 6.09 Å². The van der Waals surface area contributed by atoms with E-state index in [-0.39, 0.29) is 13.4 Å². The van der Waals surface area contributed by atoms with Crippen molar-refractivity contribution in [2.75, 3.05) is 20.5 Å². The van der Waals surface area contributed by atoms with Gasteiger partial charge in [0.15, 0.2) is 6.79 Å². The van der Waals surface area contributed by atoms with Gasteiger partial charge in [-0.1, -0.05) is 42.4 Å². The van der Waals surface area contributed by atoms with Crippen LogP contribution >= 0.6 is 23.4 Å². The molecular formula is C26H36ClNO5S. The van der Waals surface area contributed by atoms with Gasteiger partial charge in [0, 0.05) is 17.0 Å². The number of hydrogen-bond donors (Lipinski definition) is 2. The van der Waals surface area contributed by atoms with Gasteiger partial charge in [-0.2, -0.15) is 0 Å².